The largest absolute Gasteiger partial charge is 0.463 e. The zero-order valence-corrected chi connectivity index (χ0v) is 9.80. The van der Waals surface area contributed by atoms with E-state index < -0.39 is 0 Å². The van der Waals surface area contributed by atoms with Crippen LogP contribution in [0.4, 0.5) is 0 Å². The number of esters is 1. The van der Waals surface area contributed by atoms with Crippen LogP contribution in [0.1, 0.15) is 22.8 Å². The second-order valence-electron chi connectivity index (χ2n) is 3.47. The van der Waals surface area contributed by atoms with Crippen LogP contribution in [-0.4, -0.2) is 12.6 Å². The molecule has 0 unspecified atom stereocenters. The number of hydrogen-bond donors (Lipinski definition) is 0. The zero-order chi connectivity index (χ0) is 11.7. The Labute approximate surface area is 97.9 Å². The van der Waals surface area contributed by atoms with Gasteiger partial charge in [-0.15, -0.1) is 0 Å². The van der Waals surface area contributed by atoms with Gasteiger partial charge >= 0.3 is 5.97 Å². The average molecular weight is 239 g/mol. The van der Waals surface area contributed by atoms with Crippen molar-refractivity contribution in [1.82, 2.24) is 0 Å². The van der Waals surface area contributed by atoms with Crippen molar-refractivity contribution in [2.75, 3.05) is 6.61 Å². The third kappa shape index (κ3) is 1.78. The Morgan fingerprint density at radius 1 is 1.50 bits per heavy atom. The molecule has 0 atom stereocenters. The van der Waals surface area contributed by atoms with Crippen LogP contribution in [0.3, 0.4) is 0 Å². The van der Waals surface area contributed by atoms with E-state index in [-0.39, 0.29) is 5.97 Å². The van der Waals surface area contributed by atoms with Crippen LogP contribution in [0, 0.1) is 6.92 Å². The van der Waals surface area contributed by atoms with Crippen molar-refractivity contribution in [3.63, 3.8) is 0 Å². The maximum atomic E-state index is 11.6. The molecule has 4 heteroatoms. The molecule has 0 spiro atoms. The Bertz CT molecular complexity index is 542. The van der Waals surface area contributed by atoms with Gasteiger partial charge in [0, 0.05) is 10.4 Å². The molecular weight excluding hydrogens is 228 g/mol. The van der Waals surface area contributed by atoms with Crippen LogP contribution < -0.4 is 0 Å². The van der Waals surface area contributed by atoms with Gasteiger partial charge in [0.25, 0.3) is 0 Å². The molecule has 1 heterocycles. The van der Waals surface area contributed by atoms with Gasteiger partial charge in [0.05, 0.1) is 6.61 Å². The smallest absolute Gasteiger partial charge is 0.342 e. The van der Waals surface area contributed by atoms with E-state index in [2.05, 4.69) is 0 Å². The fourth-order valence-corrected chi connectivity index (χ4v) is 1.68. The van der Waals surface area contributed by atoms with E-state index in [1.54, 1.807) is 19.1 Å². The second kappa shape index (κ2) is 4.18. The van der Waals surface area contributed by atoms with E-state index in [1.807, 2.05) is 6.92 Å². The molecule has 0 fully saturated rings. The van der Waals surface area contributed by atoms with E-state index in [9.17, 15) is 4.79 Å². The van der Waals surface area contributed by atoms with Crippen LogP contribution >= 0.6 is 11.6 Å². The Kier molecular flexibility index (Phi) is 2.88. The second-order valence-corrected chi connectivity index (χ2v) is 3.87. The summed E-state index contributed by atoms with van der Waals surface area (Å²) in [6.45, 7) is 3.98. The van der Waals surface area contributed by atoms with Gasteiger partial charge in [0.15, 0.2) is 0 Å². The highest BCUT2D eigenvalue weighted by Crippen LogP contribution is 2.27. The van der Waals surface area contributed by atoms with Gasteiger partial charge < -0.3 is 9.15 Å². The number of furan rings is 1. The van der Waals surface area contributed by atoms with Gasteiger partial charge in [-0.05, 0) is 31.5 Å². The minimum Gasteiger partial charge on any atom is -0.463 e. The number of hydrogen-bond acceptors (Lipinski definition) is 3. The SMILES string of the molecule is CCOC(=O)c1coc2cc(C)c(Cl)cc12. The maximum absolute atomic E-state index is 11.6. The number of benzene rings is 1. The minimum atomic E-state index is -0.388. The van der Waals surface area contributed by atoms with Crippen LogP contribution in [0.15, 0.2) is 22.8 Å². The molecule has 0 N–H and O–H groups in total. The van der Waals surface area contributed by atoms with Crippen LogP contribution in [-0.2, 0) is 4.74 Å². The topological polar surface area (TPSA) is 39.4 Å². The fourth-order valence-electron chi connectivity index (χ4n) is 1.52. The summed E-state index contributed by atoms with van der Waals surface area (Å²) in [4.78, 5) is 11.6. The predicted molar refractivity (Wildman–Crippen MR) is 61.9 cm³/mol. The molecule has 2 aromatic rings. The number of carbonyl (C=O) groups excluding carboxylic acids is 1. The summed E-state index contributed by atoms with van der Waals surface area (Å²) in [5, 5.41) is 1.30. The van der Waals surface area contributed by atoms with Crippen LogP contribution in [0.5, 0.6) is 0 Å². The summed E-state index contributed by atoms with van der Waals surface area (Å²) in [5.74, 6) is -0.388. The molecule has 0 bridgehead atoms. The molecule has 0 aliphatic rings. The normalized spacial score (nSPS) is 10.7. The number of halogens is 1. The lowest BCUT2D eigenvalue weighted by atomic mass is 10.1. The van der Waals surface area contributed by atoms with E-state index in [4.69, 9.17) is 20.8 Å². The Hall–Kier alpha value is -1.48. The lowest BCUT2D eigenvalue weighted by Gasteiger charge is -2.00. The van der Waals surface area contributed by atoms with Crippen molar-refractivity contribution in [2.24, 2.45) is 0 Å². The van der Waals surface area contributed by atoms with Gasteiger partial charge in [-0.3, -0.25) is 0 Å². The van der Waals surface area contributed by atoms with Gasteiger partial charge in [-0.25, -0.2) is 4.79 Å². The molecule has 84 valence electrons. The van der Waals surface area contributed by atoms with E-state index in [0.717, 1.165) is 5.56 Å². The number of rotatable bonds is 2. The first-order valence-electron chi connectivity index (χ1n) is 4.98. The van der Waals surface area contributed by atoms with Gasteiger partial charge in [-0.1, -0.05) is 11.6 Å². The maximum Gasteiger partial charge on any atom is 0.342 e. The number of aryl methyl sites for hydroxylation is 1. The molecule has 0 aliphatic heterocycles. The number of carbonyl (C=O) groups is 1. The predicted octanol–water partition coefficient (Wildman–Crippen LogP) is 3.57. The molecule has 16 heavy (non-hydrogen) atoms. The van der Waals surface area contributed by atoms with Crippen LogP contribution in [0.2, 0.25) is 5.02 Å². The first-order chi connectivity index (χ1) is 7.63. The summed E-state index contributed by atoms with van der Waals surface area (Å²) >= 11 is 6.00. The summed E-state index contributed by atoms with van der Waals surface area (Å²) in [5.41, 5.74) is 1.97. The highest BCUT2D eigenvalue weighted by molar-refractivity contribution is 6.32. The number of fused-ring (bicyclic) bond motifs is 1. The summed E-state index contributed by atoms with van der Waals surface area (Å²) in [6.07, 6.45) is 1.40. The van der Waals surface area contributed by atoms with Crippen molar-refractivity contribution in [3.05, 3.63) is 34.5 Å². The Morgan fingerprint density at radius 2 is 2.25 bits per heavy atom. The number of ether oxygens (including phenoxy) is 1. The van der Waals surface area contributed by atoms with Crippen molar-refractivity contribution in [3.8, 4) is 0 Å². The van der Waals surface area contributed by atoms with Gasteiger partial charge in [0.1, 0.15) is 17.4 Å². The average Bonchev–Trinajstić information content (AvgIpc) is 2.62. The summed E-state index contributed by atoms with van der Waals surface area (Å²) < 4.78 is 10.2. The molecule has 0 aliphatic carbocycles. The molecule has 3 nitrogen and oxygen atoms in total. The Balaban J connectivity index is 2.56. The molecule has 0 saturated carbocycles. The van der Waals surface area contributed by atoms with Crippen molar-refractivity contribution in [2.45, 2.75) is 13.8 Å². The van der Waals surface area contributed by atoms with Crippen molar-refractivity contribution < 1.29 is 13.9 Å². The zero-order valence-electron chi connectivity index (χ0n) is 9.04. The molecular formula is C12H11ClO3. The third-order valence-electron chi connectivity index (χ3n) is 2.35. The van der Waals surface area contributed by atoms with Gasteiger partial charge in [0.2, 0.25) is 0 Å². The summed E-state index contributed by atoms with van der Waals surface area (Å²) in [7, 11) is 0. The van der Waals surface area contributed by atoms with E-state index in [1.165, 1.54) is 6.26 Å². The van der Waals surface area contributed by atoms with Gasteiger partial charge in [-0.2, -0.15) is 0 Å². The van der Waals surface area contributed by atoms with E-state index >= 15 is 0 Å². The van der Waals surface area contributed by atoms with Crippen LogP contribution in [0.25, 0.3) is 11.0 Å². The minimum absolute atomic E-state index is 0.338. The highest BCUT2D eigenvalue weighted by Gasteiger charge is 2.15. The molecule has 1 aromatic carbocycles. The molecule has 0 radical (unpaired) electrons. The van der Waals surface area contributed by atoms with E-state index in [0.29, 0.717) is 28.2 Å². The fraction of sp³-hybridized carbons (Fsp3) is 0.250. The van der Waals surface area contributed by atoms with Crippen molar-refractivity contribution in [1.29, 1.82) is 0 Å². The highest BCUT2D eigenvalue weighted by atomic mass is 35.5. The third-order valence-corrected chi connectivity index (χ3v) is 2.76. The molecule has 0 amide bonds. The first kappa shape index (κ1) is 11.0. The molecule has 0 saturated heterocycles. The lowest BCUT2D eigenvalue weighted by Crippen LogP contribution is -2.03. The lowest BCUT2D eigenvalue weighted by molar-refractivity contribution is 0.0527. The summed E-state index contributed by atoms with van der Waals surface area (Å²) in [6, 6.07) is 3.53. The Morgan fingerprint density at radius 3 is 2.94 bits per heavy atom. The monoisotopic (exact) mass is 238 g/mol. The first-order valence-corrected chi connectivity index (χ1v) is 5.35. The standard InChI is InChI=1S/C12H11ClO3/c1-3-15-12(14)9-6-16-11-4-7(2)10(13)5-8(9)11/h4-6H,3H2,1-2H3. The van der Waals surface area contributed by atoms with Crippen molar-refractivity contribution >= 4 is 28.5 Å². The quantitative estimate of drug-likeness (QED) is 0.751. The molecule has 2 rings (SSSR count). The molecule has 1 aromatic heterocycles.